The fourth-order valence-corrected chi connectivity index (χ4v) is 3.40. The second-order valence-corrected chi connectivity index (χ2v) is 5.76. The van der Waals surface area contributed by atoms with Crippen LogP contribution in [0.4, 0.5) is 0 Å². The molecule has 2 aliphatic rings. The van der Waals surface area contributed by atoms with E-state index in [2.05, 4.69) is 22.5 Å². The highest BCUT2D eigenvalue weighted by Crippen LogP contribution is 2.27. The minimum absolute atomic E-state index is 0.272. The van der Waals surface area contributed by atoms with E-state index in [-0.39, 0.29) is 5.91 Å². The lowest BCUT2D eigenvalue weighted by Gasteiger charge is -2.23. The second-order valence-electron chi connectivity index (χ2n) is 5.76. The molecule has 3 heterocycles. The fourth-order valence-electron chi connectivity index (χ4n) is 3.40. The van der Waals surface area contributed by atoms with Crippen molar-refractivity contribution in [3.63, 3.8) is 0 Å². The smallest absolute Gasteiger partial charge is 0.224 e. The van der Waals surface area contributed by atoms with Crippen LogP contribution in [0.25, 0.3) is 5.69 Å². The van der Waals surface area contributed by atoms with Gasteiger partial charge in [0, 0.05) is 37.4 Å². The normalized spacial score (nSPS) is 24.6. The van der Waals surface area contributed by atoms with Gasteiger partial charge in [0.05, 0.1) is 5.69 Å². The quantitative estimate of drug-likeness (QED) is 0.924. The molecule has 5 heteroatoms. The summed E-state index contributed by atoms with van der Waals surface area (Å²) in [6, 6.07) is 10.9. The Kier molecular flexibility index (Phi) is 3.00. The van der Waals surface area contributed by atoms with E-state index in [0.29, 0.717) is 25.0 Å². The van der Waals surface area contributed by atoms with E-state index in [0.717, 1.165) is 18.7 Å². The number of nitrogens with one attached hydrogen (secondary N) is 1. The van der Waals surface area contributed by atoms with E-state index >= 15 is 0 Å². The molecule has 1 N–H and O–H groups in total. The van der Waals surface area contributed by atoms with Crippen LogP contribution in [0, 0.1) is 0 Å². The van der Waals surface area contributed by atoms with Gasteiger partial charge in [-0.2, -0.15) is 5.10 Å². The zero-order valence-electron chi connectivity index (χ0n) is 11.8. The second kappa shape index (κ2) is 5.00. The lowest BCUT2D eigenvalue weighted by Crippen LogP contribution is -2.35. The Morgan fingerprint density at radius 2 is 2.14 bits per heavy atom. The van der Waals surface area contributed by atoms with Crippen molar-refractivity contribution < 1.29 is 4.79 Å². The summed E-state index contributed by atoms with van der Waals surface area (Å²) in [5, 5.41) is 7.64. The number of carbonyl (C=O) groups is 1. The highest BCUT2D eigenvalue weighted by molar-refractivity contribution is 5.80. The molecule has 2 aliphatic heterocycles. The number of carbonyl (C=O) groups excluding carboxylic acids is 1. The topological polar surface area (TPSA) is 50.2 Å². The maximum Gasteiger partial charge on any atom is 0.224 e. The first kappa shape index (κ1) is 12.6. The highest BCUT2D eigenvalue weighted by Gasteiger charge is 2.42. The van der Waals surface area contributed by atoms with Gasteiger partial charge in [-0.3, -0.25) is 4.79 Å². The van der Waals surface area contributed by atoms with Crippen LogP contribution in [0.3, 0.4) is 0 Å². The molecule has 5 nitrogen and oxygen atoms in total. The lowest BCUT2D eigenvalue weighted by atomic mass is 10.1. The van der Waals surface area contributed by atoms with Gasteiger partial charge in [-0.15, -0.1) is 0 Å². The van der Waals surface area contributed by atoms with E-state index < -0.39 is 0 Å². The van der Waals surface area contributed by atoms with Gasteiger partial charge in [-0.05, 0) is 36.7 Å². The number of hydrogen-bond donors (Lipinski definition) is 1. The Morgan fingerprint density at radius 3 is 2.90 bits per heavy atom. The van der Waals surface area contributed by atoms with Crippen molar-refractivity contribution in [1.29, 1.82) is 0 Å². The van der Waals surface area contributed by atoms with E-state index in [1.54, 1.807) is 6.20 Å². The summed E-state index contributed by atoms with van der Waals surface area (Å²) in [4.78, 5) is 14.2. The van der Waals surface area contributed by atoms with Crippen LogP contribution in [0.1, 0.15) is 18.4 Å². The van der Waals surface area contributed by atoms with Gasteiger partial charge in [-0.25, -0.2) is 4.68 Å². The number of likely N-dealkylation sites (tertiary alicyclic amines) is 1. The summed E-state index contributed by atoms with van der Waals surface area (Å²) in [5.41, 5.74) is 2.21. The molecule has 0 aliphatic carbocycles. The number of nitrogens with zero attached hydrogens (tertiary/aromatic N) is 3. The molecular weight excluding hydrogens is 264 g/mol. The molecule has 0 unspecified atom stereocenters. The van der Waals surface area contributed by atoms with Gasteiger partial charge in [0.2, 0.25) is 5.91 Å². The summed E-state index contributed by atoms with van der Waals surface area (Å²) >= 11 is 0. The van der Waals surface area contributed by atoms with Gasteiger partial charge in [0.1, 0.15) is 0 Å². The molecule has 1 aromatic carbocycles. The summed E-state index contributed by atoms with van der Waals surface area (Å²) < 4.78 is 1.84. The van der Waals surface area contributed by atoms with Crippen molar-refractivity contribution in [3.8, 4) is 5.69 Å². The third-order valence-corrected chi connectivity index (χ3v) is 4.48. The predicted octanol–water partition coefficient (Wildman–Crippen LogP) is 1.34. The van der Waals surface area contributed by atoms with Crippen LogP contribution >= 0.6 is 0 Å². The van der Waals surface area contributed by atoms with Gasteiger partial charge >= 0.3 is 0 Å². The molecule has 0 spiro atoms. The Hall–Kier alpha value is -2.14. The van der Waals surface area contributed by atoms with E-state index in [1.165, 1.54) is 5.56 Å². The predicted molar refractivity (Wildman–Crippen MR) is 78.9 cm³/mol. The van der Waals surface area contributed by atoms with Crippen LogP contribution in [0.5, 0.6) is 0 Å². The summed E-state index contributed by atoms with van der Waals surface area (Å²) in [7, 11) is 0. The Bertz CT molecular complexity index is 635. The number of amides is 1. The van der Waals surface area contributed by atoms with Crippen LogP contribution < -0.4 is 5.32 Å². The molecule has 0 bridgehead atoms. The molecule has 2 fully saturated rings. The van der Waals surface area contributed by atoms with Crippen molar-refractivity contribution in [2.24, 2.45) is 0 Å². The molecule has 2 atom stereocenters. The van der Waals surface area contributed by atoms with Crippen LogP contribution in [-0.4, -0.2) is 39.2 Å². The maximum atomic E-state index is 12.1. The van der Waals surface area contributed by atoms with Gasteiger partial charge in [0.15, 0.2) is 0 Å². The minimum Gasteiger partial charge on any atom is -0.334 e. The first-order chi connectivity index (χ1) is 10.3. The number of hydrogen-bond acceptors (Lipinski definition) is 3. The number of aromatic nitrogens is 2. The van der Waals surface area contributed by atoms with Crippen molar-refractivity contribution in [2.75, 3.05) is 6.54 Å². The third-order valence-electron chi connectivity index (χ3n) is 4.48. The van der Waals surface area contributed by atoms with Crippen molar-refractivity contribution in [3.05, 3.63) is 48.3 Å². The molecule has 21 heavy (non-hydrogen) atoms. The van der Waals surface area contributed by atoms with E-state index in [9.17, 15) is 4.79 Å². The van der Waals surface area contributed by atoms with Crippen molar-refractivity contribution in [1.82, 2.24) is 20.0 Å². The molecule has 2 aromatic rings. The van der Waals surface area contributed by atoms with Crippen molar-refractivity contribution in [2.45, 2.75) is 31.5 Å². The summed E-state index contributed by atoms with van der Waals surface area (Å²) in [6.45, 7) is 1.73. The first-order valence-corrected chi connectivity index (χ1v) is 7.43. The third kappa shape index (κ3) is 2.23. The summed E-state index contributed by atoms with van der Waals surface area (Å²) in [5.74, 6) is 0.272. The highest BCUT2D eigenvalue weighted by atomic mass is 16.2. The van der Waals surface area contributed by atoms with Crippen LogP contribution in [0.2, 0.25) is 0 Å². The number of rotatable bonds is 3. The molecule has 1 amide bonds. The Balaban J connectivity index is 1.51. The van der Waals surface area contributed by atoms with Crippen molar-refractivity contribution >= 4 is 5.91 Å². The van der Waals surface area contributed by atoms with Crippen LogP contribution in [-0.2, 0) is 11.3 Å². The Morgan fingerprint density at radius 1 is 1.29 bits per heavy atom. The summed E-state index contributed by atoms with van der Waals surface area (Å²) in [6.07, 6.45) is 5.41. The Labute approximate surface area is 123 Å². The van der Waals surface area contributed by atoms with E-state index in [1.807, 2.05) is 34.0 Å². The largest absolute Gasteiger partial charge is 0.334 e. The molecule has 0 saturated carbocycles. The SMILES string of the molecule is O=C1C[C@H]2NCC[C@H]2N1Cc1ccc(-n2cccn2)cc1. The zero-order valence-corrected chi connectivity index (χ0v) is 11.8. The monoisotopic (exact) mass is 282 g/mol. The minimum atomic E-state index is 0.272. The van der Waals surface area contributed by atoms with Gasteiger partial charge in [0.25, 0.3) is 0 Å². The maximum absolute atomic E-state index is 12.1. The number of benzene rings is 1. The standard InChI is InChI=1S/C16H18N4O/c21-16-10-14-15(6-8-17-14)19(16)11-12-2-4-13(5-3-12)20-9-1-7-18-20/h1-5,7,9,14-15,17H,6,8,10-11H2/t14-,15-/m1/s1. The zero-order chi connectivity index (χ0) is 14.2. The van der Waals surface area contributed by atoms with Crippen LogP contribution in [0.15, 0.2) is 42.7 Å². The van der Waals surface area contributed by atoms with E-state index in [4.69, 9.17) is 0 Å². The lowest BCUT2D eigenvalue weighted by molar-refractivity contribution is -0.129. The molecule has 4 rings (SSSR count). The average molecular weight is 282 g/mol. The first-order valence-electron chi connectivity index (χ1n) is 7.43. The molecular formula is C16H18N4O. The molecule has 1 aromatic heterocycles. The van der Waals surface area contributed by atoms with Gasteiger partial charge < -0.3 is 10.2 Å². The fraction of sp³-hybridized carbons (Fsp3) is 0.375. The molecule has 108 valence electrons. The average Bonchev–Trinajstić information content (AvgIpc) is 3.20. The van der Waals surface area contributed by atoms with Gasteiger partial charge in [-0.1, -0.05) is 12.1 Å². The number of fused-ring (bicyclic) bond motifs is 1. The molecule has 2 saturated heterocycles. The molecule has 0 radical (unpaired) electrons.